The van der Waals surface area contributed by atoms with Crippen molar-refractivity contribution in [2.24, 2.45) is 0 Å². The number of aliphatic hydroxyl groups excluding tert-OH is 1. The Balaban J connectivity index is 1.80. The topological polar surface area (TPSA) is 72.3 Å². The molecule has 0 fully saturated rings. The number of nitrogens with zero attached hydrogens (tertiary/aromatic N) is 2. The summed E-state index contributed by atoms with van der Waals surface area (Å²) >= 11 is 1.37. The minimum absolute atomic E-state index is 0.0159. The smallest absolute Gasteiger partial charge is 0.187 e. The van der Waals surface area contributed by atoms with E-state index in [4.69, 9.17) is 4.74 Å². The van der Waals surface area contributed by atoms with Crippen molar-refractivity contribution in [3.8, 4) is 5.75 Å². The summed E-state index contributed by atoms with van der Waals surface area (Å²) < 4.78 is 5.49. The second-order valence-corrected chi connectivity index (χ2v) is 5.38. The molecule has 0 unspecified atom stereocenters. The zero-order chi connectivity index (χ0) is 15.1. The quantitative estimate of drug-likeness (QED) is 0.480. The molecule has 0 aliphatic carbocycles. The molecule has 110 valence electrons. The van der Waals surface area contributed by atoms with Crippen molar-refractivity contribution in [2.45, 2.75) is 18.2 Å². The number of Topliss-reactive ketones (excluding diaryl/α,β-unsaturated/α-hetero) is 1. The lowest BCUT2D eigenvalue weighted by Crippen LogP contribution is -2.20. The molecule has 2 rings (SSSR count). The summed E-state index contributed by atoms with van der Waals surface area (Å²) in [6, 6.07) is 8.65. The van der Waals surface area contributed by atoms with Gasteiger partial charge in [0.15, 0.2) is 10.9 Å². The second kappa shape index (κ2) is 7.75. The Hall–Kier alpha value is -1.92. The van der Waals surface area contributed by atoms with Gasteiger partial charge in [-0.15, -0.1) is 0 Å². The van der Waals surface area contributed by atoms with Crippen LogP contribution in [0.2, 0.25) is 0 Å². The molecule has 6 heteroatoms. The van der Waals surface area contributed by atoms with Crippen molar-refractivity contribution in [3.63, 3.8) is 0 Å². The average Bonchev–Trinajstić information content (AvgIpc) is 2.52. The zero-order valence-electron chi connectivity index (χ0n) is 11.6. The van der Waals surface area contributed by atoms with Crippen LogP contribution in [0.4, 0.5) is 0 Å². The van der Waals surface area contributed by atoms with Crippen molar-refractivity contribution in [1.82, 2.24) is 9.97 Å². The third-order valence-corrected chi connectivity index (χ3v) is 3.65. The standard InChI is InChI=1S/C15H16N2O3S/c1-11(18)12-4-2-5-14(8-12)20-9-13(19)10-21-15-16-6-3-7-17-15/h2-8,13,19H,9-10H2,1H3/t13-/m1/s1. The highest BCUT2D eigenvalue weighted by molar-refractivity contribution is 7.99. The van der Waals surface area contributed by atoms with E-state index in [0.29, 0.717) is 22.2 Å². The van der Waals surface area contributed by atoms with Gasteiger partial charge >= 0.3 is 0 Å². The molecule has 0 spiro atoms. The minimum Gasteiger partial charge on any atom is -0.491 e. The van der Waals surface area contributed by atoms with Crippen molar-refractivity contribution in [3.05, 3.63) is 48.3 Å². The molecule has 0 bridgehead atoms. The largest absolute Gasteiger partial charge is 0.491 e. The minimum atomic E-state index is -0.639. The molecule has 0 saturated carbocycles. The SMILES string of the molecule is CC(=O)c1cccc(OC[C@@H](O)CSc2ncccn2)c1. The summed E-state index contributed by atoms with van der Waals surface area (Å²) in [6.45, 7) is 1.66. The van der Waals surface area contributed by atoms with Gasteiger partial charge < -0.3 is 9.84 Å². The van der Waals surface area contributed by atoms with E-state index in [2.05, 4.69) is 9.97 Å². The molecule has 0 aliphatic heterocycles. The van der Waals surface area contributed by atoms with Crippen molar-refractivity contribution < 1.29 is 14.6 Å². The lowest BCUT2D eigenvalue weighted by molar-refractivity contribution is 0.101. The highest BCUT2D eigenvalue weighted by Crippen LogP contribution is 2.16. The van der Waals surface area contributed by atoms with Crippen LogP contribution in [-0.2, 0) is 0 Å². The van der Waals surface area contributed by atoms with Crippen LogP contribution < -0.4 is 4.74 Å². The number of hydrogen-bond donors (Lipinski definition) is 1. The Morgan fingerprint density at radius 2 is 2.10 bits per heavy atom. The third kappa shape index (κ3) is 5.17. The number of aromatic nitrogens is 2. The number of benzene rings is 1. The van der Waals surface area contributed by atoms with Gasteiger partial charge in [0.2, 0.25) is 0 Å². The van der Waals surface area contributed by atoms with E-state index in [1.165, 1.54) is 18.7 Å². The van der Waals surface area contributed by atoms with Crippen molar-refractivity contribution in [2.75, 3.05) is 12.4 Å². The molecule has 1 atom stereocenters. The Morgan fingerprint density at radius 3 is 2.81 bits per heavy atom. The highest BCUT2D eigenvalue weighted by Gasteiger charge is 2.08. The van der Waals surface area contributed by atoms with Crippen LogP contribution in [0.3, 0.4) is 0 Å². The van der Waals surface area contributed by atoms with E-state index in [1.807, 2.05) is 0 Å². The molecular formula is C15H16N2O3S. The van der Waals surface area contributed by atoms with E-state index in [0.717, 1.165) is 0 Å². The van der Waals surface area contributed by atoms with Gasteiger partial charge in [-0.25, -0.2) is 9.97 Å². The average molecular weight is 304 g/mol. The fraction of sp³-hybridized carbons (Fsp3) is 0.267. The summed E-state index contributed by atoms with van der Waals surface area (Å²) in [5.41, 5.74) is 0.592. The molecule has 0 saturated heterocycles. The fourth-order valence-electron chi connectivity index (χ4n) is 1.58. The molecule has 1 heterocycles. The summed E-state index contributed by atoms with van der Waals surface area (Å²) in [6.07, 6.45) is 2.68. The number of ketones is 1. The van der Waals surface area contributed by atoms with E-state index in [9.17, 15) is 9.90 Å². The van der Waals surface area contributed by atoms with Crippen molar-refractivity contribution >= 4 is 17.5 Å². The maximum Gasteiger partial charge on any atom is 0.187 e. The first-order chi connectivity index (χ1) is 10.1. The zero-order valence-corrected chi connectivity index (χ0v) is 12.4. The molecule has 0 radical (unpaired) electrons. The van der Waals surface area contributed by atoms with Gasteiger partial charge in [0.25, 0.3) is 0 Å². The van der Waals surface area contributed by atoms with Gasteiger partial charge in [-0.05, 0) is 25.1 Å². The number of ether oxygens (including phenoxy) is 1. The maximum atomic E-state index is 11.3. The van der Waals surface area contributed by atoms with Gasteiger partial charge in [-0.3, -0.25) is 4.79 Å². The molecule has 0 aliphatic rings. The molecule has 2 aromatic rings. The first-order valence-electron chi connectivity index (χ1n) is 6.47. The monoisotopic (exact) mass is 304 g/mol. The molecule has 1 N–H and O–H groups in total. The van der Waals surface area contributed by atoms with Crippen molar-refractivity contribution in [1.29, 1.82) is 0 Å². The third-order valence-electron chi connectivity index (χ3n) is 2.63. The van der Waals surface area contributed by atoms with Gasteiger partial charge in [0.1, 0.15) is 12.4 Å². The number of rotatable bonds is 7. The molecule has 1 aromatic heterocycles. The summed E-state index contributed by atoms with van der Waals surface area (Å²) in [5.74, 6) is 0.997. The second-order valence-electron chi connectivity index (χ2n) is 4.39. The lowest BCUT2D eigenvalue weighted by atomic mass is 10.1. The Kier molecular flexibility index (Phi) is 5.71. The predicted molar refractivity (Wildman–Crippen MR) is 80.7 cm³/mol. The van der Waals surface area contributed by atoms with Gasteiger partial charge in [0, 0.05) is 23.7 Å². The van der Waals surface area contributed by atoms with Crippen LogP contribution in [0.5, 0.6) is 5.75 Å². The number of aliphatic hydroxyl groups is 1. The first kappa shape index (κ1) is 15.5. The van der Waals surface area contributed by atoms with Gasteiger partial charge in [0.05, 0.1) is 6.10 Å². The summed E-state index contributed by atoms with van der Waals surface area (Å²) in [4.78, 5) is 19.4. The number of hydrogen-bond acceptors (Lipinski definition) is 6. The maximum absolute atomic E-state index is 11.3. The lowest BCUT2D eigenvalue weighted by Gasteiger charge is -2.12. The Morgan fingerprint density at radius 1 is 1.33 bits per heavy atom. The van der Waals surface area contributed by atoms with Gasteiger partial charge in [-0.1, -0.05) is 23.9 Å². The number of carbonyl (C=O) groups is 1. The molecule has 21 heavy (non-hydrogen) atoms. The molecule has 5 nitrogen and oxygen atoms in total. The molecular weight excluding hydrogens is 288 g/mol. The van der Waals surface area contributed by atoms with Gasteiger partial charge in [-0.2, -0.15) is 0 Å². The van der Waals surface area contributed by atoms with Crippen LogP contribution in [0.25, 0.3) is 0 Å². The van der Waals surface area contributed by atoms with E-state index >= 15 is 0 Å². The van der Waals surface area contributed by atoms with Crippen LogP contribution >= 0.6 is 11.8 Å². The fourth-order valence-corrected chi connectivity index (χ4v) is 2.28. The molecule has 0 amide bonds. The highest BCUT2D eigenvalue weighted by atomic mass is 32.2. The Labute approximate surface area is 127 Å². The predicted octanol–water partition coefficient (Wildman–Crippen LogP) is 2.21. The number of carbonyl (C=O) groups excluding carboxylic acids is 1. The van der Waals surface area contributed by atoms with Crippen LogP contribution in [0.15, 0.2) is 47.9 Å². The number of thioether (sulfide) groups is 1. The normalized spacial score (nSPS) is 11.9. The van der Waals surface area contributed by atoms with E-state index < -0.39 is 6.10 Å². The molecule has 1 aromatic carbocycles. The van der Waals surface area contributed by atoms with E-state index in [1.54, 1.807) is 42.7 Å². The van der Waals surface area contributed by atoms with Crippen LogP contribution in [0.1, 0.15) is 17.3 Å². The van der Waals surface area contributed by atoms with E-state index in [-0.39, 0.29) is 12.4 Å². The first-order valence-corrected chi connectivity index (χ1v) is 7.45. The summed E-state index contributed by atoms with van der Waals surface area (Å²) in [5, 5.41) is 10.5. The van der Waals surface area contributed by atoms with Crippen LogP contribution in [-0.4, -0.2) is 39.3 Å². The Bertz CT molecular complexity index is 592. The summed E-state index contributed by atoms with van der Waals surface area (Å²) in [7, 11) is 0. The van der Waals surface area contributed by atoms with Crippen LogP contribution in [0, 0.1) is 0 Å².